The van der Waals surface area contributed by atoms with Gasteiger partial charge in [-0.15, -0.1) is 21.5 Å². The van der Waals surface area contributed by atoms with Crippen LogP contribution in [0.5, 0.6) is 0 Å². The van der Waals surface area contributed by atoms with Gasteiger partial charge in [-0.1, -0.05) is 6.42 Å². The first-order valence-electron chi connectivity index (χ1n) is 7.92. The Morgan fingerprint density at radius 3 is 2.96 bits per heavy atom. The van der Waals surface area contributed by atoms with Gasteiger partial charge in [0, 0.05) is 23.5 Å². The SMILES string of the molecule is Cc1nnc2n1CC(C(=O)O)N(Cc1cnc(C3CCC3)s1)C2. The molecule has 0 saturated heterocycles. The highest BCUT2D eigenvalue weighted by atomic mass is 32.1. The number of thiazole rings is 1. The normalized spacial score (nSPS) is 21.9. The number of aryl methyl sites for hydroxylation is 1. The molecule has 0 bridgehead atoms. The molecule has 0 aromatic carbocycles. The van der Waals surface area contributed by atoms with Crippen LogP contribution in [0.1, 0.15) is 46.7 Å². The molecule has 1 N–H and O–H groups in total. The number of aliphatic carboxylic acids is 1. The van der Waals surface area contributed by atoms with Crippen LogP contribution in [0.15, 0.2) is 6.20 Å². The summed E-state index contributed by atoms with van der Waals surface area (Å²) in [4.78, 5) is 19.3. The van der Waals surface area contributed by atoms with E-state index in [9.17, 15) is 9.90 Å². The first-order chi connectivity index (χ1) is 11.1. The fourth-order valence-electron chi connectivity index (χ4n) is 3.20. The third kappa shape index (κ3) is 2.66. The molecular formula is C15H19N5O2S. The first kappa shape index (κ1) is 14.8. The Morgan fingerprint density at radius 2 is 2.26 bits per heavy atom. The predicted molar refractivity (Wildman–Crippen MR) is 84.1 cm³/mol. The second kappa shape index (κ2) is 5.68. The van der Waals surface area contributed by atoms with Crippen LogP contribution in [-0.4, -0.2) is 41.8 Å². The van der Waals surface area contributed by atoms with Gasteiger partial charge in [0.25, 0.3) is 0 Å². The van der Waals surface area contributed by atoms with Crippen molar-refractivity contribution >= 4 is 17.3 Å². The highest BCUT2D eigenvalue weighted by molar-refractivity contribution is 7.11. The summed E-state index contributed by atoms with van der Waals surface area (Å²) < 4.78 is 1.90. The van der Waals surface area contributed by atoms with Crippen molar-refractivity contribution in [2.45, 2.75) is 57.8 Å². The molecule has 2 aromatic heterocycles. The zero-order valence-electron chi connectivity index (χ0n) is 13.0. The van der Waals surface area contributed by atoms with Crippen molar-refractivity contribution in [1.29, 1.82) is 0 Å². The smallest absolute Gasteiger partial charge is 0.322 e. The number of nitrogens with zero attached hydrogens (tertiary/aromatic N) is 5. The monoisotopic (exact) mass is 333 g/mol. The zero-order valence-corrected chi connectivity index (χ0v) is 13.8. The minimum absolute atomic E-state index is 0.401. The second-order valence-corrected chi connectivity index (χ2v) is 7.47. The van der Waals surface area contributed by atoms with Crippen LogP contribution in [0.25, 0.3) is 0 Å². The van der Waals surface area contributed by atoms with Gasteiger partial charge in [-0.2, -0.15) is 0 Å². The van der Waals surface area contributed by atoms with E-state index in [1.807, 2.05) is 22.6 Å². The van der Waals surface area contributed by atoms with Crippen molar-refractivity contribution in [1.82, 2.24) is 24.6 Å². The third-order valence-corrected chi connectivity index (χ3v) is 5.97. The van der Waals surface area contributed by atoms with Gasteiger partial charge in [0.2, 0.25) is 0 Å². The van der Waals surface area contributed by atoms with Crippen LogP contribution < -0.4 is 0 Å². The maximum Gasteiger partial charge on any atom is 0.322 e. The summed E-state index contributed by atoms with van der Waals surface area (Å²) in [5.74, 6) is 1.43. The molecule has 1 atom stereocenters. The van der Waals surface area contributed by atoms with Gasteiger partial charge in [0.15, 0.2) is 0 Å². The van der Waals surface area contributed by atoms with Gasteiger partial charge >= 0.3 is 5.97 Å². The van der Waals surface area contributed by atoms with E-state index >= 15 is 0 Å². The van der Waals surface area contributed by atoms with Crippen molar-refractivity contribution in [3.63, 3.8) is 0 Å². The zero-order chi connectivity index (χ0) is 16.0. The third-order valence-electron chi connectivity index (χ3n) is 4.82. The standard InChI is InChI=1S/C15H19N5O2S/c1-9-17-18-13-8-19(12(15(21)22)7-20(9)13)6-11-5-16-14(23-11)10-3-2-4-10/h5,10,12H,2-4,6-8H2,1H3,(H,21,22). The van der Waals surface area contributed by atoms with Crippen LogP contribution >= 0.6 is 11.3 Å². The van der Waals surface area contributed by atoms with Crippen LogP contribution in [0, 0.1) is 6.92 Å². The fourth-order valence-corrected chi connectivity index (χ4v) is 4.31. The molecule has 0 amide bonds. The van der Waals surface area contributed by atoms with Crippen LogP contribution in [0.2, 0.25) is 0 Å². The van der Waals surface area contributed by atoms with Crippen LogP contribution in [0.4, 0.5) is 0 Å². The molecule has 2 aromatic rings. The Bertz CT molecular complexity index is 736. The van der Waals surface area contributed by atoms with E-state index in [-0.39, 0.29) is 0 Å². The molecule has 0 radical (unpaired) electrons. The number of hydrogen-bond acceptors (Lipinski definition) is 6. The maximum atomic E-state index is 11.7. The number of hydrogen-bond donors (Lipinski definition) is 1. The summed E-state index contributed by atoms with van der Waals surface area (Å²) in [6.07, 6.45) is 5.66. The maximum absolute atomic E-state index is 11.7. The van der Waals surface area contributed by atoms with E-state index in [1.54, 1.807) is 11.3 Å². The Kier molecular flexibility index (Phi) is 3.65. The molecule has 8 heteroatoms. The van der Waals surface area contributed by atoms with Crippen LogP contribution in [0.3, 0.4) is 0 Å². The summed E-state index contributed by atoms with van der Waals surface area (Å²) in [7, 11) is 0. The molecule has 122 valence electrons. The molecule has 0 spiro atoms. The van der Waals surface area contributed by atoms with E-state index in [2.05, 4.69) is 15.2 Å². The molecule has 2 aliphatic rings. The number of carbonyl (C=O) groups is 1. The number of rotatable bonds is 4. The molecule has 23 heavy (non-hydrogen) atoms. The lowest BCUT2D eigenvalue weighted by Gasteiger charge is -2.32. The van der Waals surface area contributed by atoms with Gasteiger partial charge in [0.1, 0.15) is 17.7 Å². The van der Waals surface area contributed by atoms with Crippen molar-refractivity contribution in [2.24, 2.45) is 0 Å². The van der Waals surface area contributed by atoms with Gasteiger partial charge in [-0.25, -0.2) is 4.98 Å². The molecular weight excluding hydrogens is 314 g/mol. The van der Waals surface area contributed by atoms with Gasteiger partial charge in [-0.05, 0) is 19.8 Å². The van der Waals surface area contributed by atoms with Gasteiger partial charge in [-0.3, -0.25) is 9.69 Å². The van der Waals surface area contributed by atoms with E-state index < -0.39 is 12.0 Å². The summed E-state index contributed by atoms with van der Waals surface area (Å²) in [6, 6.07) is -0.550. The molecule has 4 rings (SSSR count). The average Bonchev–Trinajstić information content (AvgIpc) is 3.04. The van der Waals surface area contributed by atoms with Crippen LogP contribution in [-0.2, 0) is 24.4 Å². The molecule has 1 fully saturated rings. The molecule has 7 nitrogen and oxygen atoms in total. The molecule has 1 unspecified atom stereocenters. The molecule has 3 heterocycles. The largest absolute Gasteiger partial charge is 0.480 e. The van der Waals surface area contributed by atoms with E-state index in [0.29, 0.717) is 25.6 Å². The van der Waals surface area contributed by atoms with Gasteiger partial charge < -0.3 is 9.67 Å². The Labute approximate surface area is 138 Å². The number of carboxylic acids is 1. The lowest BCUT2D eigenvalue weighted by Crippen LogP contribution is -2.47. The summed E-state index contributed by atoms with van der Waals surface area (Å²) in [5, 5.41) is 19.0. The predicted octanol–water partition coefficient (Wildman–Crippen LogP) is 1.78. The Hall–Kier alpha value is -1.80. The minimum Gasteiger partial charge on any atom is -0.480 e. The fraction of sp³-hybridized carbons (Fsp3) is 0.600. The van der Waals surface area contributed by atoms with E-state index in [0.717, 1.165) is 16.5 Å². The van der Waals surface area contributed by atoms with Gasteiger partial charge in [0.05, 0.1) is 18.1 Å². The summed E-state index contributed by atoms with van der Waals surface area (Å²) >= 11 is 1.72. The Morgan fingerprint density at radius 1 is 1.43 bits per heavy atom. The lowest BCUT2D eigenvalue weighted by atomic mass is 9.86. The topological polar surface area (TPSA) is 84.1 Å². The lowest BCUT2D eigenvalue weighted by molar-refractivity contribution is -0.145. The number of aromatic nitrogens is 4. The minimum atomic E-state index is -0.799. The van der Waals surface area contributed by atoms with E-state index in [4.69, 9.17) is 0 Å². The number of carboxylic acid groups (broad SMARTS) is 1. The van der Waals surface area contributed by atoms with Crippen molar-refractivity contribution in [2.75, 3.05) is 0 Å². The Balaban J connectivity index is 1.54. The van der Waals surface area contributed by atoms with E-state index in [1.165, 1.54) is 24.3 Å². The second-order valence-electron chi connectivity index (χ2n) is 6.33. The highest BCUT2D eigenvalue weighted by Gasteiger charge is 2.34. The summed E-state index contributed by atoms with van der Waals surface area (Å²) in [6.45, 7) is 3.37. The molecule has 1 aliphatic heterocycles. The molecule has 1 aliphatic carbocycles. The van der Waals surface area contributed by atoms with Crippen molar-refractivity contribution in [3.8, 4) is 0 Å². The first-order valence-corrected chi connectivity index (χ1v) is 8.73. The average molecular weight is 333 g/mol. The quantitative estimate of drug-likeness (QED) is 0.918. The summed E-state index contributed by atoms with van der Waals surface area (Å²) in [5.41, 5.74) is 0. The number of fused-ring (bicyclic) bond motifs is 1. The molecule has 1 saturated carbocycles. The highest BCUT2D eigenvalue weighted by Crippen LogP contribution is 2.38. The van der Waals surface area contributed by atoms with Crippen molar-refractivity contribution in [3.05, 3.63) is 27.7 Å². The van der Waals surface area contributed by atoms with Crippen molar-refractivity contribution < 1.29 is 9.90 Å².